The monoisotopic (exact) mass is 539 g/mol. The van der Waals surface area contributed by atoms with Crippen molar-refractivity contribution in [3.63, 3.8) is 0 Å². The molecule has 12 heteroatoms. The summed E-state index contributed by atoms with van der Waals surface area (Å²) in [6.45, 7) is 1.09. The summed E-state index contributed by atoms with van der Waals surface area (Å²) in [6.07, 6.45) is -4.85. The number of nitrogens with zero attached hydrogens (tertiary/aromatic N) is 2. The molecule has 1 unspecified atom stereocenters. The Morgan fingerprint density at radius 3 is 2.19 bits per heavy atom. The molecule has 7 nitrogen and oxygen atoms in total. The van der Waals surface area contributed by atoms with E-state index < -0.39 is 62.4 Å². The highest BCUT2D eigenvalue weighted by Gasteiger charge is 2.45. The largest absolute Gasteiger partial charge is 0.466 e. The van der Waals surface area contributed by atoms with Crippen molar-refractivity contribution < 1.29 is 32.2 Å². The van der Waals surface area contributed by atoms with E-state index in [-0.39, 0.29) is 11.1 Å². The smallest absolute Gasteiger partial charge is 0.416 e. The van der Waals surface area contributed by atoms with Crippen molar-refractivity contribution in [2.24, 2.45) is 5.73 Å². The van der Waals surface area contributed by atoms with Crippen molar-refractivity contribution in [1.29, 1.82) is 5.26 Å². The molecule has 0 fully saturated rings. The number of carbonyl (C=O) groups is 2. The second-order valence-electron chi connectivity index (χ2n) is 7.53. The van der Waals surface area contributed by atoms with E-state index >= 15 is 0 Å². The highest BCUT2D eigenvalue weighted by molar-refractivity contribution is 6.44. The topological polar surface area (TPSA) is 106 Å². The molecule has 1 aliphatic rings. The number of nitriles is 1. The van der Waals surface area contributed by atoms with E-state index in [1.165, 1.54) is 0 Å². The summed E-state index contributed by atoms with van der Waals surface area (Å²) in [6, 6.07) is 10.7. The molecular formula is C24H18Cl2F3N3O4. The molecule has 2 N–H and O–H groups in total. The first-order valence-electron chi connectivity index (χ1n) is 10.1. The minimum absolute atomic E-state index is 0.238. The highest BCUT2D eigenvalue weighted by atomic mass is 35.5. The molecule has 3 rings (SSSR count). The Morgan fingerprint density at radius 1 is 1.11 bits per heavy atom. The molecule has 0 spiro atoms. The van der Waals surface area contributed by atoms with Crippen LogP contribution in [0.4, 0.5) is 18.9 Å². The zero-order valence-electron chi connectivity index (χ0n) is 19.0. The minimum atomic E-state index is -4.85. The standard InChI is InChI=1S/C24H18Cl2F3N3O4/c1-11-14(24(27,28)29)9-15(25)18(26)19(11)32-20(23(34)36-3)17(22(33)35-2)16(13(10-30)21(32)31)12-7-5-4-6-8-12/h4-9,16H,31H2,1-3H3. The molecule has 0 saturated carbocycles. The van der Waals surface area contributed by atoms with E-state index in [2.05, 4.69) is 0 Å². The Kier molecular flexibility index (Phi) is 7.57. The number of carbonyl (C=O) groups excluding carboxylic acids is 2. The first kappa shape index (κ1) is 26.9. The van der Waals surface area contributed by atoms with Gasteiger partial charge in [-0.15, -0.1) is 0 Å². The van der Waals surface area contributed by atoms with Gasteiger partial charge in [0.15, 0.2) is 0 Å². The summed E-state index contributed by atoms with van der Waals surface area (Å²) < 4.78 is 51.2. The van der Waals surface area contributed by atoms with Crippen LogP contribution in [0.25, 0.3) is 0 Å². The van der Waals surface area contributed by atoms with Gasteiger partial charge in [0.05, 0.1) is 58.6 Å². The SMILES string of the molecule is COC(=O)C1=C(C(=O)OC)N(c2c(C)c(C(F)(F)F)cc(Cl)c2Cl)C(N)=C(C#N)C1c1ccccc1. The summed E-state index contributed by atoms with van der Waals surface area (Å²) in [7, 11) is 2.05. The lowest BCUT2D eigenvalue weighted by Gasteiger charge is -2.37. The molecule has 0 aromatic heterocycles. The molecule has 0 radical (unpaired) electrons. The Morgan fingerprint density at radius 2 is 1.69 bits per heavy atom. The van der Waals surface area contributed by atoms with Gasteiger partial charge in [-0.05, 0) is 24.1 Å². The number of ether oxygens (including phenoxy) is 2. The van der Waals surface area contributed by atoms with Crippen LogP contribution in [0.3, 0.4) is 0 Å². The van der Waals surface area contributed by atoms with Gasteiger partial charge in [-0.3, -0.25) is 4.90 Å². The lowest BCUT2D eigenvalue weighted by molar-refractivity contribution is -0.139. The molecule has 0 aliphatic carbocycles. The van der Waals surface area contributed by atoms with Crippen molar-refractivity contribution in [1.82, 2.24) is 0 Å². The number of nitrogens with two attached hydrogens (primary N) is 1. The normalized spacial score (nSPS) is 16.1. The lowest BCUT2D eigenvalue weighted by Crippen LogP contribution is -2.41. The molecule has 188 valence electrons. The third kappa shape index (κ3) is 4.47. The maximum Gasteiger partial charge on any atom is 0.416 e. The predicted molar refractivity (Wildman–Crippen MR) is 126 cm³/mol. The van der Waals surface area contributed by atoms with E-state index in [9.17, 15) is 28.0 Å². The van der Waals surface area contributed by atoms with Gasteiger partial charge < -0.3 is 15.2 Å². The molecule has 0 bridgehead atoms. The lowest BCUT2D eigenvalue weighted by atomic mass is 9.80. The van der Waals surface area contributed by atoms with Crippen LogP contribution in [0.2, 0.25) is 10.0 Å². The number of hydrogen-bond donors (Lipinski definition) is 1. The van der Waals surface area contributed by atoms with Gasteiger partial charge in [-0.25, -0.2) is 9.59 Å². The van der Waals surface area contributed by atoms with Crippen LogP contribution in [0.5, 0.6) is 0 Å². The number of benzene rings is 2. The maximum atomic E-state index is 13.8. The molecular weight excluding hydrogens is 522 g/mol. The zero-order valence-corrected chi connectivity index (χ0v) is 20.5. The maximum absolute atomic E-state index is 13.8. The fourth-order valence-corrected chi connectivity index (χ4v) is 4.49. The third-order valence-electron chi connectivity index (χ3n) is 5.59. The van der Waals surface area contributed by atoms with Crippen molar-refractivity contribution in [3.8, 4) is 6.07 Å². The van der Waals surface area contributed by atoms with Gasteiger partial charge in [-0.1, -0.05) is 53.5 Å². The van der Waals surface area contributed by atoms with E-state index in [0.717, 1.165) is 26.0 Å². The van der Waals surface area contributed by atoms with Crippen molar-refractivity contribution in [3.05, 3.63) is 85.8 Å². The summed E-state index contributed by atoms with van der Waals surface area (Å²) in [5, 5.41) is 9.15. The number of anilines is 1. The number of rotatable bonds is 4. The highest BCUT2D eigenvalue weighted by Crippen LogP contribution is 2.49. The number of hydrogen-bond acceptors (Lipinski definition) is 7. The number of methoxy groups -OCH3 is 2. The van der Waals surface area contributed by atoms with Crippen LogP contribution in [-0.2, 0) is 25.2 Å². The average molecular weight is 540 g/mol. The van der Waals surface area contributed by atoms with Gasteiger partial charge in [0.2, 0.25) is 0 Å². The molecule has 1 aliphatic heterocycles. The number of halogens is 5. The quantitative estimate of drug-likeness (QED) is 0.531. The summed E-state index contributed by atoms with van der Waals surface area (Å²) in [5.74, 6) is -3.82. The summed E-state index contributed by atoms with van der Waals surface area (Å²) >= 11 is 12.4. The molecule has 0 amide bonds. The van der Waals surface area contributed by atoms with Crippen LogP contribution in [-0.4, -0.2) is 26.2 Å². The van der Waals surface area contributed by atoms with Crippen LogP contribution in [0.15, 0.2) is 59.1 Å². The Balaban J connectivity index is 2.55. The van der Waals surface area contributed by atoms with E-state index in [1.807, 2.05) is 6.07 Å². The fourth-order valence-electron chi connectivity index (χ4n) is 4.01. The molecule has 1 heterocycles. The average Bonchev–Trinajstić information content (AvgIpc) is 2.85. The Bertz CT molecular complexity index is 1350. The van der Waals surface area contributed by atoms with Crippen molar-refractivity contribution in [2.45, 2.75) is 19.0 Å². The van der Waals surface area contributed by atoms with Crippen molar-refractivity contribution >= 4 is 40.8 Å². The van der Waals surface area contributed by atoms with E-state index in [1.54, 1.807) is 30.3 Å². The number of allylic oxidation sites excluding steroid dienone is 1. The molecule has 0 saturated heterocycles. The molecule has 36 heavy (non-hydrogen) atoms. The first-order valence-corrected chi connectivity index (χ1v) is 10.9. The van der Waals surface area contributed by atoms with Crippen LogP contribution in [0, 0.1) is 18.3 Å². The second kappa shape index (κ2) is 10.1. The zero-order chi connectivity index (χ0) is 26.9. The van der Waals surface area contributed by atoms with Gasteiger partial charge in [0.1, 0.15) is 11.5 Å². The van der Waals surface area contributed by atoms with Crippen LogP contribution in [0.1, 0.15) is 22.6 Å². The van der Waals surface area contributed by atoms with Gasteiger partial charge in [0.25, 0.3) is 0 Å². The van der Waals surface area contributed by atoms with Gasteiger partial charge in [0, 0.05) is 0 Å². The van der Waals surface area contributed by atoms with E-state index in [0.29, 0.717) is 11.6 Å². The Labute approximate surface area is 214 Å². The van der Waals surface area contributed by atoms with Crippen molar-refractivity contribution in [2.75, 3.05) is 19.1 Å². The number of esters is 2. The first-order chi connectivity index (χ1) is 16.9. The second-order valence-corrected chi connectivity index (χ2v) is 8.31. The molecule has 2 aromatic rings. The molecule has 2 aromatic carbocycles. The Hall–Kier alpha value is -3.68. The predicted octanol–water partition coefficient (Wildman–Crippen LogP) is 5.22. The molecule has 1 atom stereocenters. The minimum Gasteiger partial charge on any atom is -0.466 e. The van der Waals surface area contributed by atoms with E-state index in [4.69, 9.17) is 38.4 Å². The third-order valence-corrected chi connectivity index (χ3v) is 6.36. The van der Waals surface area contributed by atoms with Gasteiger partial charge >= 0.3 is 18.1 Å². The summed E-state index contributed by atoms with van der Waals surface area (Å²) in [4.78, 5) is 26.9. The van der Waals surface area contributed by atoms with Crippen LogP contribution < -0.4 is 10.6 Å². The van der Waals surface area contributed by atoms with Gasteiger partial charge in [-0.2, -0.15) is 18.4 Å². The fraction of sp³-hybridized carbons (Fsp3) is 0.208. The number of alkyl halides is 3. The van der Waals surface area contributed by atoms with Crippen LogP contribution >= 0.6 is 23.2 Å². The summed E-state index contributed by atoms with van der Waals surface area (Å²) in [5.41, 5.74) is 3.46.